The predicted molar refractivity (Wildman–Crippen MR) is 103 cm³/mol. The Bertz CT molecular complexity index is 851. The van der Waals surface area contributed by atoms with Gasteiger partial charge in [-0.3, -0.25) is 19.7 Å². The van der Waals surface area contributed by atoms with Crippen LogP contribution in [0.3, 0.4) is 0 Å². The van der Waals surface area contributed by atoms with Gasteiger partial charge in [0.25, 0.3) is 5.91 Å². The zero-order valence-electron chi connectivity index (χ0n) is 15.4. The third-order valence-electron chi connectivity index (χ3n) is 5.25. The van der Waals surface area contributed by atoms with Crippen LogP contribution < -0.4 is 5.32 Å². The summed E-state index contributed by atoms with van der Waals surface area (Å²) in [6, 6.07) is 3.21. The third kappa shape index (κ3) is 4.09. The van der Waals surface area contributed by atoms with Crippen LogP contribution >= 0.6 is 11.3 Å². The summed E-state index contributed by atoms with van der Waals surface area (Å²) in [5.74, 6) is 0.276. The molecule has 3 heterocycles. The summed E-state index contributed by atoms with van der Waals surface area (Å²) in [6.45, 7) is 2.32. The lowest BCUT2D eigenvalue weighted by Crippen LogP contribution is -2.52. The van der Waals surface area contributed by atoms with Crippen molar-refractivity contribution in [1.29, 1.82) is 0 Å². The molecule has 4 rings (SSSR count). The average molecular weight is 402 g/mol. The Kier molecular flexibility index (Phi) is 5.43. The van der Waals surface area contributed by atoms with E-state index in [1.165, 1.54) is 17.6 Å². The van der Waals surface area contributed by atoms with Gasteiger partial charge in [0, 0.05) is 37.5 Å². The van der Waals surface area contributed by atoms with Crippen molar-refractivity contribution < 1.29 is 18.8 Å². The van der Waals surface area contributed by atoms with Crippen molar-refractivity contribution in [3.63, 3.8) is 0 Å². The molecule has 1 saturated carbocycles. The van der Waals surface area contributed by atoms with Gasteiger partial charge in [-0.15, -0.1) is 11.3 Å². The zero-order chi connectivity index (χ0) is 19.5. The normalized spacial score (nSPS) is 17.3. The summed E-state index contributed by atoms with van der Waals surface area (Å²) < 4.78 is 5.05. The van der Waals surface area contributed by atoms with Gasteiger partial charge < -0.3 is 14.2 Å². The van der Waals surface area contributed by atoms with Gasteiger partial charge in [0.05, 0.1) is 18.4 Å². The van der Waals surface area contributed by atoms with E-state index in [-0.39, 0.29) is 35.8 Å². The van der Waals surface area contributed by atoms with Crippen LogP contribution in [0, 0.1) is 5.92 Å². The molecule has 2 aromatic heterocycles. The van der Waals surface area contributed by atoms with Crippen LogP contribution in [-0.4, -0.2) is 58.7 Å². The molecule has 2 aliphatic rings. The van der Waals surface area contributed by atoms with E-state index in [4.69, 9.17) is 4.42 Å². The Morgan fingerprint density at radius 3 is 2.57 bits per heavy atom. The van der Waals surface area contributed by atoms with Crippen LogP contribution in [0.5, 0.6) is 0 Å². The monoisotopic (exact) mass is 402 g/mol. The molecule has 2 fully saturated rings. The van der Waals surface area contributed by atoms with E-state index in [1.807, 2.05) is 4.90 Å². The second-order valence-electron chi connectivity index (χ2n) is 7.09. The molecule has 1 saturated heterocycles. The van der Waals surface area contributed by atoms with Crippen molar-refractivity contribution in [2.45, 2.75) is 25.7 Å². The van der Waals surface area contributed by atoms with Crippen LogP contribution in [-0.2, 0) is 16.0 Å². The van der Waals surface area contributed by atoms with Crippen molar-refractivity contribution in [2.75, 3.05) is 31.5 Å². The molecule has 0 bridgehead atoms. The highest BCUT2D eigenvalue weighted by Gasteiger charge is 2.32. The van der Waals surface area contributed by atoms with Crippen LogP contribution in [0.1, 0.15) is 35.5 Å². The molecule has 0 spiro atoms. The Morgan fingerprint density at radius 1 is 1.18 bits per heavy atom. The quantitative estimate of drug-likeness (QED) is 0.825. The van der Waals surface area contributed by atoms with Crippen LogP contribution in [0.4, 0.5) is 5.13 Å². The summed E-state index contributed by atoms with van der Waals surface area (Å²) in [5.41, 5.74) is 0.623. The molecule has 8 nitrogen and oxygen atoms in total. The highest BCUT2D eigenvalue weighted by molar-refractivity contribution is 7.14. The minimum atomic E-state index is -0.371. The second-order valence-corrected chi connectivity index (χ2v) is 7.94. The maximum Gasteiger partial charge on any atom is 0.293 e. The van der Waals surface area contributed by atoms with Crippen molar-refractivity contribution in [3.8, 4) is 0 Å². The number of furan rings is 1. The highest BCUT2D eigenvalue weighted by atomic mass is 32.1. The molecule has 0 unspecified atom stereocenters. The SMILES string of the molecule is O=C(Nc1nc(CC(=O)N2CCN(C(=O)C3CCC3)CC2)cs1)c1ccco1. The van der Waals surface area contributed by atoms with E-state index in [1.54, 1.807) is 22.4 Å². The standard InChI is InChI=1S/C19H22N4O4S/c24-16(22-6-8-23(9-7-22)18(26)13-3-1-4-13)11-14-12-28-19(20-14)21-17(25)15-5-2-10-27-15/h2,5,10,12-13H,1,3-4,6-9,11H2,(H,20,21,25). The fourth-order valence-corrected chi connectivity index (χ4v) is 4.07. The number of anilines is 1. The largest absolute Gasteiger partial charge is 0.459 e. The molecule has 2 aromatic rings. The maximum absolute atomic E-state index is 12.5. The first kappa shape index (κ1) is 18.7. The van der Waals surface area contributed by atoms with Gasteiger partial charge >= 0.3 is 0 Å². The molecular weight excluding hydrogens is 380 g/mol. The van der Waals surface area contributed by atoms with E-state index in [0.717, 1.165) is 19.3 Å². The van der Waals surface area contributed by atoms with Gasteiger partial charge in [-0.25, -0.2) is 4.98 Å². The topological polar surface area (TPSA) is 95.8 Å². The Morgan fingerprint density at radius 2 is 1.93 bits per heavy atom. The molecule has 148 valence electrons. The Hall–Kier alpha value is -2.68. The van der Waals surface area contributed by atoms with E-state index in [2.05, 4.69) is 10.3 Å². The van der Waals surface area contributed by atoms with E-state index in [0.29, 0.717) is 37.0 Å². The Labute approximate surface area is 166 Å². The van der Waals surface area contributed by atoms with E-state index in [9.17, 15) is 14.4 Å². The minimum absolute atomic E-state index is 0.00930. The van der Waals surface area contributed by atoms with Gasteiger partial charge in [-0.2, -0.15) is 0 Å². The average Bonchev–Trinajstić information content (AvgIpc) is 3.32. The number of hydrogen-bond donors (Lipinski definition) is 1. The number of piperazine rings is 1. The summed E-state index contributed by atoms with van der Waals surface area (Å²) in [7, 11) is 0. The summed E-state index contributed by atoms with van der Waals surface area (Å²) in [5, 5.41) is 4.86. The first-order chi connectivity index (χ1) is 13.6. The molecule has 1 N–H and O–H groups in total. The number of carbonyl (C=O) groups is 3. The van der Waals surface area contributed by atoms with Crippen LogP contribution in [0.25, 0.3) is 0 Å². The first-order valence-electron chi connectivity index (χ1n) is 9.46. The number of nitrogens with zero attached hydrogens (tertiary/aromatic N) is 3. The fraction of sp³-hybridized carbons (Fsp3) is 0.474. The first-order valence-corrected chi connectivity index (χ1v) is 10.3. The van der Waals surface area contributed by atoms with Crippen molar-refractivity contribution in [1.82, 2.24) is 14.8 Å². The lowest BCUT2D eigenvalue weighted by atomic mass is 9.84. The van der Waals surface area contributed by atoms with Crippen LogP contribution in [0.2, 0.25) is 0 Å². The molecule has 28 heavy (non-hydrogen) atoms. The summed E-state index contributed by atoms with van der Waals surface area (Å²) in [6.07, 6.45) is 4.76. The number of nitrogens with one attached hydrogen (secondary N) is 1. The van der Waals surface area contributed by atoms with Gasteiger partial charge in [0.15, 0.2) is 10.9 Å². The predicted octanol–water partition coefficient (Wildman–Crippen LogP) is 2.00. The van der Waals surface area contributed by atoms with Gasteiger partial charge in [0.2, 0.25) is 11.8 Å². The van der Waals surface area contributed by atoms with Gasteiger partial charge in [-0.05, 0) is 25.0 Å². The molecular formula is C19H22N4O4S. The molecule has 0 atom stereocenters. The zero-order valence-corrected chi connectivity index (χ0v) is 16.2. The van der Waals surface area contributed by atoms with Gasteiger partial charge in [0.1, 0.15) is 0 Å². The van der Waals surface area contributed by atoms with Crippen molar-refractivity contribution >= 4 is 34.2 Å². The number of hydrogen-bond acceptors (Lipinski definition) is 6. The number of amides is 3. The smallest absolute Gasteiger partial charge is 0.293 e. The second kappa shape index (κ2) is 8.14. The van der Waals surface area contributed by atoms with Gasteiger partial charge in [-0.1, -0.05) is 6.42 Å². The lowest BCUT2D eigenvalue weighted by molar-refractivity contribution is -0.143. The molecule has 1 aliphatic heterocycles. The van der Waals surface area contributed by atoms with Crippen molar-refractivity contribution in [2.24, 2.45) is 5.92 Å². The molecule has 3 amide bonds. The summed E-state index contributed by atoms with van der Waals surface area (Å²) in [4.78, 5) is 44.8. The van der Waals surface area contributed by atoms with Crippen molar-refractivity contribution in [3.05, 3.63) is 35.2 Å². The van der Waals surface area contributed by atoms with E-state index < -0.39 is 0 Å². The lowest BCUT2D eigenvalue weighted by Gasteiger charge is -2.38. The molecule has 0 radical (unpaired) electrons. The molecule has 0 aromatic carbocycles. The fourth-order valence-electron chi connectivity index (χ4n) is 3.37. The Balaban J connectivity index is 1.26. The molecule has 9 heteroatoms. The number of rotatable bonds is 5. The van der Waals surface area contributed by atoms with E-state index >= 15 is 0 Å². The number of carbonyl (C=O) groups excluding carboxylic acids is 3. The third-order valence-corrected chi connectivity index (χ3v) is 6.05. The molecule has 1 aliphatic carbocycles. The van der Waals surface area contributed by atoms with Crippen LogP contribution in [0.15, 0.2) is 28.2 Å². The number of aromatic nitrogens is 1. The maximum atomic E-state index is 12.5. The highest BCUT2D eigenvalue weighted by Crippen LogP contribution is 2.28. The minimum Gasteiger partial charge on any atom is -0.459 e. The number of thiazole rings is 1. The summed E-state index contributed by atoms with van der Waals surface area (Å²) >= 11 is 1.27.